The van der Waals surface area contributed by atoms with Gasteiger partial charge in [0, 0.05) is 6.42 Å². The van der Waals surface area contributed by atoms with E-state index in [1.807, 2.05) is 0 Å². The highest BCUT2D eigenvalue weighted by atomic mass is 16.6. The molecule has 0 saturated carbocycles. The summed E-state index contributed by atoms with van der Waals surface area (Å²) >= 11 is 0. The van der Waals surface area contributed by atoms with Gasteiger partial charge in [0.1, 0.15) is 0 Å². The molecule has 4 unspecified atom stereocenters. The third-order valence-electron chi connectivity index (χ3n) is 4.56. The number of carboxylic acid groups (broad SMARTS) is 1. The van der Waals surface area contributed by atoms with Gasteiger partial charge in [-0.3, -0.25) is 4.79 Å². The Hall–Kier alpha value is -0.870. The van der Waals surface area contributed by atoms with E-state index in [9.17, 15) is 4.79 Å². The first-order valence-electron chi connectivity index (χ1n) is 8.88. The number of hydrogen-bond acceptors (Lipinski definition) is 3. The maximum Gasteiger partial charge on any atom is 0.303 e. The van der Waals surface area contributed by atoms with E-state index in [4.69, 9.17) is 14.6 Å². The summed E-state index contributed by atoms with van der Waals surface area (Å²) in [5.74, 6) is -0.680. The van der Waals surface area contributed by atoms with Gasteiger partial charge in [-0.15, -0.1) is 0 Å². The van der Waals surface area contributed by atoms with Crippen molar-refractivity contribution < 1.29 is 19.4 Å². The summed E-state index contributed by atoms with van der Waals surface area (Å²) in [7, 11) is 0. The number of epoxide rings is 2. The van der Waals surface area contributed by atoms with Crippen LogP contribution in [0, 0.1) is 0 Å². The van der Waals surface area contributed by atoms with Crippen molar-refractivity contribution in [1.29, 1.82) is 0 Å². The second-order valence-electron chi connectivity index (χ2n) is 6.48. The molecule has 2 saturated heterocycles. The van der Waals surface area contributed by atoms with E-state index in [2.05, 4.69) is 19.1 Å². The van der Waals surface area contributed by atoms with Gasteiger partial charge in [-0.25, -0.2) is 0 Å². The molecule has 4 heteroatoms. The Balaban J connectivity index is 1.36. The van der Waals surface area contributed by atoms with Gasteiger partial charge < -0.3 is 14.6 Å². The van der Waals surface area contributed by atoms with E-state index in [0.717, 1.165) is 44.9 Å². The molecule has 2 rings (SSSR count). The van der Waals surface area contributed by atoms with E-state index in [1.54, 1.807) is 0 Å². The van der Waals surface area contributed by atoms with Crippen molar-refractivity contribution in [2.75, 3.05) is 0 Å². The number of hydrogen-bond donors (Lipinski definition) is 1. The van der Waals surface area contributed by atoms with Crippen molar-refractivity contribution in [1.82, 2.24) is 0 Å². The summed E-state index contributed by atoms with van der Waals surface area (Å²) in [5.41, 5.74) is 0. The average molecular weight is 310 g/mol. The smallest absolute Gasteiger partial charge is 0.303 e. The topological polar surface area (TPSA) is 62.4 Å². The van der Waals surface area contributed by atoms with Crippen LogP contribution in [0.25, 0.3) is 0 Å². The molecule has 0 bridgehead atoms. The first-order valence-corrected chi connectivity index (χ1v) is 8.88. The second kappa shape index (κ2) is 9.31. The van der Waals surface area contributed by atoms with Crippen LogP contribution in [-0.2, 0) is 14.3 Å². The van der Waals surface area contributed by atoms with Gasteiger partial charge in [0.05, 0.1) is 24.4 Å². The van der Waals surface area contributed by atoms with E-state index in [-0.39, 0.29) is 0 Å². The fraction of sp³-hybridized carbons (Fsp3) is 0.833. The van der Waals surface area contributed by atoms with Crippen LogP contribution in [0.4, 0.5) is 0 Å². The molecule has 4 nitrogen and oxygen atoms in total. The maximum atomic E-state index is 10.4. The lowest BCUT2D eigenvalue weighted by Gasteiger charge is -1.99. The average Bonchev–Trinajstić information content (AvgIpc) is 3.39. The predicted octanol–water partition coefficient (Wildman–Crippen LogP) is 4.08. The zero-order chi connectivity index (χ0) is 15.8. The molecule has 4 atom stereocenters. The molecule has 2 aliphatic rings. The normalized spacial score (nSPS) is 29.9. The number of unbranched alkanes of at least 4 members (excludes halogenated alkanes) is 4. The molecular weight excluding hydrogens is 280 g/mol. The molecule has 0 amide bonds. The van der Waals surface area contributed by atoms with E-state index < -0.39 is 5.97 Å². The Morgan fingerprint density at radius 1 is 0.909 bits per heavy atom. The molecule has 2 heterocycles. The monoisotopic (exact) mass is 310 g/mol. The van der Waals surface area contributed by atoms with Crippen LogP contribution in [-0.4, -0.2) is 35.5 Å². The largest absolute Gasteiger partial charge is 0.481 e. The lowest BCUT2D eigenvalue weighted by atomic mass is 10.1. The Morgan fingerprint density at radius 2 is 1.50 bits per heavy atom. The van der Waals surface area contributed by atoms with E-state index in [0.29, 0.717) is 30.8 Å². The van der Waals surface area contributed by atoms with Crippen LogP contribution in [0.5, 0.6) is 0 Å². The summed E-state index contributed by atoms with van der Waals surface area (Å²) in [6.07, 6.45) is 16.4. The lowest BCUT2D eigenvalue weighted by molar-refractivity contribution is -0.137. The molecule has 0 aromatic rings. The maximum absolute atomic E-state index is 10.4. The minimum absolute atomic E-state index is 0.311. The van der Waals surface area contributed by atoms with E-state index in [1.165, 1.54) is 12.8 Å². The molecule has 1 N–H and O–H groups in total. The van der Waals surface area contributed by atoms with Crippen molar-refractivity contribution in [2.24, 2.45) is 0 Å². The van der Waals surface area contributed by atoms with Crippen molar-refractivity contribution >= 4 is 5.97 Å². The standard InChI is InChI=1S/C18H30O4/c1-2-14-15(21-14)11-8-9-12-17-16(22-17)10-6-4-3-5-7-13-18(19)20/h8-9,14-17H,2-7,10-13H2,1H3,(H,19,20)/b9-8-. The zero-order valence-electron chi connectivity index (χ0n) is 13.7. The Morgan fingerprint density at radius 3 is 2.14 bits per heavy atom. The zero-order valence-corrected chi connectivity index (χ0v) is 13.7. The van der Waals surface area contributed by atoms with Crippen LogP contribution in [0.2, 0.25) is 0 Å². The molecule has 22 heavy (non-hydrogen) atoms. The van der Waals surface area contributed by atoms with Crippen molar-refractivity contribution in [2.45, 2.75) is 95.5 Å². The van der Waals surface area contributed by atoms with Gasteiger partial charge in [-0.05, 0) is 32.1 Å². The molecule has 2 aliphatic heterocycles. The van der Waals surface area contributed by atoms with Gasteiger partial charge >= 0.3 is 5.97 Å². The van der Waals surface area contributed by atoms with Gasteiger partial charge in [0.25, 0.3) is 0 Å². The highest BCUT2D eigenvalue weighted by Crippen LogP contribution is 2.31. The molecule has 0 radical (unpaired) electrons. The van der Waals surface area contributed by atoms with Gasteiger partial charge in [0.2, 0.25) is 0 Å². The quantitative estimate of drug-likeness (QED) is 0.316. The molecule has 0 aromatic carbocycles. The molecule has 2 fully saturated rings. The summed E-state index contributed by atoms with van der Waals surface area (Å²) in [6, 6.07) is 0. The Labute approximate surface area is 133 Å². The molecule has 126 valence electrons. The van der Waals surface area contributed by atoms with Crippen molar-refractivity contribution in [3.63, 3.8) is 0 Å². The second-order valence-corrected chi connectivity index (χ2v) is 6.48. The molecule has 0 spiro atoms. The van der Waals surface area contributed by atoms with E-state index >= 15 is 0 Å². The Kier molecular flexibility index (Phi) is 7.40. The fourth-order valence-electron chi connectivity index (χ4n) is 3.00. The van der Waals surface area contributed by atoms with Gasteiger partial charge in [0.15, 0.2) is 0 Å². The molecule has 0 aliphatic carbocycles. The highest BCUT2D eigenvalue weighted by Gasteiger charge is 2.37. The van der Waals surface area contributed by atoms with Crippen molar-refractivity contribution in [3.05, 3.63) is 12.2 Å². The number of ether oxygens (including phenoxy) is 2. The fourth-order valence-corrected chi connectivity index (χ4v) is 3.00. The van der Waals surface area contributed by atoms with Gasteiger partial charge in [-0.2, -0.15) is 0 Å². The summed E-state index contributed by atoms with van der Waals surface area (Å²) in [5, 5.41) is 8.55. The summed E-state index contributed by atoms with van der Waals surface area (Å²) in [6.45, 7) is 2.17. The van der Waals surface area contributed by atoms with Crippen LogP contribution in [0.1, 0.15) is 71.1 Å². The third-order valence-corrected chi connectivity index (χ3v) is 4.56. The third kappa shape index (κ3) is 6.93. The Bertz CT molecular complexity index is 366. The SMILES string of the molecule is CCC1OC1C/C=C\CC1OC1CCCCCCCC(=O)O. The number of aliphatic carboxylic acids is 1. The molecule has 0 aromatic heterocycles. The minimum atomic E-state index is -0.680. The number of carboxylic acids is 1. The van der Waals surface area contributed by atoms with Crippen LogP contribution in [0.15, 0.2) is 12.2 Å². The summed E-state index contributed by atoms with van der Waals surface area (Å²) in [4.78, 5) is 10.4. The summed E-state index contributed by atoms with van der Waals surface area (Å²) < 4.78 is 11.2. The lowest BCUT2D eigenvalue weighted by Crippen LogP contribution is -1.95. The number of rotatable bonds is 13. The predicted molar refractivity (Wildman–Crippen MR) is 85.9 cm³/mol. The first kappa shape index (κ1) is 17.5. The minimum Gasteiger partial charge on any atom is -0.481 e. The van der Waals surface area contributed by atoms with Crippen molar-refractivity contribution in [3.8, 4) is 0 Å². The highest BCUT2D eigenvalue weighted by molar-refractivity contribution is 5.66. The van der Waals surface area contributed by atoms with Crippen LogP contribution >= 0.6 is 0 Å². The van der Waals surface area contributed by atoms with Crippen LogP contribution < -0.4 is 0 Å². The van der Waals surface area contributed by atoms with Gasteiger partial charge in [-0.1, -0.05) is 44.8 Å². The molecular formula is C18H30O4. The number of carbonyl (C=O) groups is 1. The first-order chi connectivity index (χ1) is 10.7. The van der Waals surface area contributed by atoms with Crippen LogP contribution in [0.3, 0.4) is 0 Å².